The van der Waals surface area contributed by atoms with Crippen LogP contribution in [0.1, 0.15) is 30.0 Å². The first kappa shape index (κ1) is 18.8. The minimum Gasteiger partial charge on any atom is -0.481 e. The summed E-state index contributed by atoms with van der Waals surface area (Å²) in [4.78, 5) is 22.4. The van der Waals surface area contributed by atoms with E-state index in [0.717, 1.165) is 40.3 Å². The topological polar surface area (TPSA) is 66.2 Å². The molecular formula is C24H23N3O3. The molecule has 0 N–H and O–H groups in total. The largest absolute Gasteiger partial charge is 0.481 e. The average Bonchev–Trinajstić information content (AvgIpc) is 2.81. The van der Waals surface area contributed by atoms with Gasteiger partial charge in [0.1, 0.15) is 0 Å². The minimum absolute atomic E-state index is 0.0201. The maximum Gasteiger partial charge on any atom is 0.261 e. The summed E-state index contributed by atoms with van der Waals surface area (Å²) in [5.74, 6) is 0.589. The molecule has 0 saturated carbocycles. The maximum atomic E-state index is 13.4. The van der Waals surface area contributed by atoms with E-state index in [1.165, 1.54) is 0 Å². The molecule has 6 heteroatoms. The van der Waals surface area contributed by atoms with Crippen LogP contribution < -0.4 is 10.3 Å². The zero-order valence-electron chi connectivity index (χ0n) is 16.9. The lowest BCUT2D eigenvalue weighted by Crippen LogP contribution is -2.29. The second-order valence-corrected chi connectivity index (χ2v) is 7.66. The van der Waals surface area contributed by atoms with Crippen molar-refractivity contribution in [2.75, 3.05) is 20.3 Å². The summed E-state index contributed by atoms with van der Waals surface area (Å²) in [6.45, 7) is 1.37. The van der Waals surface area contributed by atoms with Crippen molar-refractivity contribution in [1.29, 1.82) is 0 Å². The summed E-state index contributed by atoms with van der Waals surface area (Å²) in [6, 6.07) is 14.2. The third kappa shape index (κ3) is 3.33. The van der Waals surface area contributed by atoms with Crippen molar-refractivity contribution in [2.45, 2.75) is 25.3 Å². The van der Waals surface area contributed by atoms with E-state index in [-0.39, 0.29) is 11.6 Å². The Kier molecular flexibility index (Phi) is 4.93. The van der Waals surface area contributed by atoms with E-state index in [9.17, 15) is 4.79 Å². The first-order valence-electron chi connectivity index (χ1n) is 10.2. The van der Waals surface area contributed by atoms with Crippen LogP contribution in [0.25, 0.3) is 21.7 Å². The number of benzene rings is 2. The lowest BCUT2D eigenvalue weighted by Gasteiger charge is -2.24. The van der Waals surface area contributed by atoms with E-state index >= 15 is 0 Å². The number of methoxy groups -OCH3 is 1. The molecule has 2 aromatic heterocycles. The molecule has 2 aromatic carbocycles. The normalized spacial score (nSPS) is 15.0. The van der Waals surface area contributed by atoms with E-state index in [1.54, 1.807) is 18.0 Å². The van der Waals surface area contributed by atoms with Crippen LogP contribution in [0.15, 0.2) is 59.8 Å². The minimum atomic E-state index is 0.0201. The van der Waals surface area contributed by atoms with Gasteiger partial charge in [-0.3, -0.25) is 9.36 Å². The van der Waals surface area contributed by atoms with Crippen LogP contribution in [0.4, 0.5) is 0 Å². The van der Waals surface area contributed by atoms with Gasteiger partial charge in [0.05, 0.1) is 24.3 Å². The highest BCUT2D eigenvalue weighted by Gasteiger charge is 2.19. The SMILES string of the molecule is COc1ccc(Cc2cc3c(=O)n(C4CCOCC4)cnc3c3ccccc23)cn1. The van der Waals surface area contributed by atoms with E-state index in [2.05, 4.69) is 11.1 Å². The van der Waals surface area contributed by atoms with E-state index in [0.29, 0.717) is 30.9 Å². The second kappa shape index (κ2) is 7.88. The molecule has 5 rings (SSSR count). The van der Waals surface area contributed by atoms with Gasteiger partial charge in [-0.2, -0.15) is 0 Å². The molecule has 0 amide bonds. The fourth-order valence-corrected chi connectivity index (χ4v) is 4.27. The van der Waals surface area contributed by atoms with E-state index < -0.39 is 0 Å². The van der Waals surface area contributed by atoms with Crippen molar-refractivity contribution >= 4 is 21.7 Å². The zero-order valence-corrected chi connectivity index (χ0v) is 16.9. The Labute approximate surface area is 174 Å². The molecule has 1 fully saturated rings. The van der Waals surface area contributed by atoms with Crippen LogP contribution in [0.5, 0.6) is 5.88 Å². The van der Waals surface area contributed by atoms with Crippen LogP contribution in [-0.4, -0.2) is 34.9 Å². The molecular weight excluding hydrogens is 378 g/mol. The molecule has 0 aliphatic carbocycles. The molecule has 0 unspecified atom stereocenters. The molecule has 0 bridgehead atoms. The van der Waals surface area contributed by atoms with E-state index in [1.807, 2.05) is 42.6 Å². The third-order valence-electron chi connectivity index (χ3n) is 5.86. The summed E-state index contributed by atoms with van der Waals surface area (Å²) in [5.41, 5.74) is 2.94. The van der Waals surface area contributed by atoms with Crippen LogP contribution in [0.3, 0.4) is 0 Å². The van der Waals surface area contributed by atoms with Crippen molar-refractivity contribution < 1.29 is 9.47 Å². The molecule has 152 valence electrons. The fourth-order valence-electron chi connectivity index (χ4n) is 4.27. The third-order valence-corrected chi connectivity index (χ3v) is 5.86. The first-order chi connectivity index (χ1) is 14.7. The van der Waals surface area contributed by atoms with Crippen LogP contribution in [-0.2, 0) is 11.2 Å². The van der Waals surface area contributed by atoms with Gasteiger partial charge in [0.25, 0.3) is 5.56 Å². The summed E-state index contributed by atoms with van der Waals surface area (Å²) < 4.78 is 12.4. The molecule has 0 radical (unpaired) electrons. The first-order valence-corrected chi connectivity index (χ1v) is 10.2. The molecule has 6 nitrogen and oxygen atoms in total. The number of nitrogens with zero attached hydrogens (tertiary/aromatic N) is 3. The molecule has 1 aliphatic rings. The highest BCUT2D eigenvalue weighted by Crippen LogP contribution is 2.28. The monoisotopic (exact) mass is 401 g/mol. The van der Waals surface area contributed by atoms with Gasteiger partial charge < -0.3 is 9.47 Å². The highest BCUT2D eigenvalue weighted by atomic mass is 16.5. The van der Waals surface area contributed by atoms with Crippen molar-refractivity contribution in [3.63, 3.8) is 0 Å². The van der Waals surface area contributed by atoms with Crippen LogP contribution in [0, 0.1) is 0 Å². The number of hydrogen-bond acceptors (Lipinski definition) is 5. The van der Waals surface area contributed by atoms with Crippen LogP contribution >= 0.6 is 0 Å². The van der Waals surface area contributed by atoms with Crippen molar-refractivity contribution in [1.82, 2.24) is 14.5 Å². The molecule has 0 atom stereocenters. The molecule has 1 saturated heterocycles. The number of rotatable bonds is 4. The van der Waals surface area contributed by atoms with Crippen molar-refractivity contribution in [3.05, 3.63) is 76.5 Å². The number of fused-ring (bicyclic) bond motifs is 3. The van der Waals surface area contributed by atoms with Crippen molar-refractivity contribution in [2.24, 2.45) is 0 Å². The van der Waals surface area contributed by atoms with Gasteiger partial charge in [-0.05, 0) is 41.8 Å². The Balaban J connectivity index is 1.66. The molecule has 3 heterocycles. The smallest absolute Gasteiger partial charge is 0.261 e. The lowest BCUT2D eigenvalue weighted by atomic mass is 9.96. The van der Waals surface area contributed by atoms with Gasteiger partial charge in [-0.15, -0.1) is 0 Å². The summed E-state index contributed by atoms with van der Waals surface area (Å²) >= 11 is 0. The molecule has 4 aromatic rings. The summed E-state index contributed by atoms with van der Waals surface area (Å²) in [7, 11) is 1.61. The second-order valence-electron chi connectivity index (χ2n) is 7.66. The molecule has 30 heavy (non-hydrogen) atoms. The Morgan fingerprint density at radius 2 is 1.87 bits per heavy atom. The fraction of sp³-hybridized carbons (Fsp3) is 0.292. The zero-order chi connectivity index (χ0) is 20.5. The van der Waals surface area contributed by atoms with Gasteiger partial charge in [0.2, 0.25) is 5.88 Å². The average molecular weight is 401 g/mol. The maximum absolute atomic E-state index is 13.4. The van der Waals surface area contributed by atoms with Crippen LogP contribution in [0.2, 0.25) is 0 Å². The predicted octanol–water partition coefficient (Wildman–Crippen LogP) is 3.90. The predicted molar refractivity (Wildman–Crippen MR) is 116 cm³/mol. The Hall–Kier alpha value is -3.25. The lowest BCUT2D eigenvalue weighted by molar-refractivity contribution is 0.0685. The van der Waals surface area contributed by atoms with Gasteiger partial charge in [-0.25, -0.2) is 9.97 Å². The standard InChI is InChI=1S/C24H23N3O3/c1-29-22-7-6-16(14-25-22)12-17-13-21-23(20-5-3-2-4-19(17)20)26-15-27(24(21)28)18-8-10-30-11-9-18/h2-7,13-15,18H,8-12H2,1H3. The van der Waals surface area contributed by atoms with Crippen molar-refractivity contribution in [3.8, 4) is 5.88 Å². The summed E-state index contributed by atoms with van der Waals surface area (Å²) in [6.07, 6.45) is 5.89. The Morgan fingerprint density at radius 3 is 2.60 bits per heavy atom. The highest BCUT2D eigenvalue weighted by molar-refractivity contribution is 6.06. The Bertz CT molecular complexity index is 1260. The van der Waals surface area contributed by atoms with Gasteiger partial charge in [-0.1, -0.05) is 30.3 Å². The number of aromatic nitrogens is 3. The number of hydrogen-bond donors (Lipinski definition) is 0. The molecule has 0 spiro atoms. The number of ether oxygens (including phenoxy) is 2. The Morgan fingerprint density at radius 1 is 1.07 bits per heavy atom. The van der Waals surface area contributed by atoms with Gasteiger partial charge >= 0.3 is 0 Å². The summed E-state index contributed by atoms with van der Waals surface area (Å²) in [5, 5.41) is 2.78. The quantitative estimate of drug-likeness (QED) is 0.485. The molecule has 1 aliphatic heterocycles. The number of pyridine rings is 1. The van der Waals surface area contributed by atoms with Gasteiger partial charge in [0, 0.05) is 36.9 Å². The van der Waals surface area contributed by atoms with Gasteiger partial charge in [0.15, 0.2) is 0 Å². The van der Waals surface area contributed by atoms with E-state index in [4.69, 9.17) is 14.5 Å².